The molecule has 4 aliphatic rings. The van der Waals surface area contributed by atoms with Crippen molar-refractivity contribution in [2.24, 2.45) is 17.3 Å². The maximum atomic E-state index is 11.3. The van der Waals surface area contributed by atoms with Gasteiger partial charge in [-0.05, 0) is 85.5 Å². The number of phenols is 1. The SMILES string of the molecule is C[C@H]1OC(O[C@@H]2C[C@H]3[C@@H]4CCc5cc(O)ccc5[C@H]4CC[C@]3(C)[C@H]2O)[C@H](O)[C@@H](O)[C@@H]1O. The highest BCUT2D eigenvalue weighted by atomic mass is 16.7. The van der Waals surface area contributed by atoms with Crippen LogP contribution in [0.2, 0.25) is 0 Å². The summed E-state index contributed by atoms with van der Waals surface area (Å²) in [5.41, 5.74) is 2.28. The second-order valence-electron chi connectivity index (χ2n) is 10.4. The number of aliphatic hydroxyl groups excluding tert-OH is 4. The van der Waals surface area contributed by atoms with Crippen molar-refractivity contribution in [2.45, 2.75) is 94.8 Å². The number of aryl methyl sites for hydroxylation is 1. The van der Waals surface area contributed by atoms with Gasteiger partial charge in [0.1, 0.15) is 24.1 Å². The number of benzene rings is 1. The van der Waals surface area contributed by atoms with E-state index in [1.54, 1.807) is 13.0 Å². The molecule has 172 valence electrons. The second-order valence-corrected chi connectivity index (χ2v) is 10.4. The Kier molecular flexibility index (Phi) is 5.35. The predicted molar refractivity (Wildman–Crippen MR) is 111 cm³/mol. The lowest BCUT2D eigenvalue weighted by Crippen LogP contribution is -2.58. The van der Waals surface area contributed by atoms with Gasteiger partial charge in [-0.15, -0.1) is 0 Å². The van der Waals surface area contributed by atoms with Gasteiger partial charge in [-0.25, -0.2) is 0 Å². The van der Waals surface area contributed by atoms with Crippen LogP contribution in [-0.4, -0.2) is 68.4 Å². The minimum Gasteiger partial charge on any atom is -0.508 e. The van der Waals surface area contributed by atoms with Crippen LogP contribution in [0.4, 0.5) is 0 Å². The molecule has 0 radical (unpaired) electrons. The van der Waals surface area contributed by atoms with E-state index in [1.165, 1.54) is 11.1 Å². The van der Waals surface area contributed by atoms with Crippen LogP contribution >= 0.6 is 0 Å². The number of hydrogen-bond acceptors (Lipinski definition) is 7. The van der Waals surface area contributed by atoms with Gasteiger partial charge in [0.15, 0.2) is 6.29 Å². The van der Waals surface area contributed by atoms with Gasteiger partial charge in [0.25, 0.3) is 0 Å². The highest BCUT2D eigenvalue weighted by Crippen LogP contribution is 2.61. The summed E-state index contributed by atoms with van der Waals surface area (Å²) in [6.45, 7) is 3.78. The molecule has 7 nitrogen and oxygen atoms in total. The average Bonchev–Trinajstić information content (AvgIpc) is 3.00. The summed E-state index contributed by atoms with van der Waals surface area (Å²) in [6, 6.07) is 5.72. The molecule has 1 unspecified atom stereocenters. The van der Waals surface area contributed by atoms with Crippen LogP contribution < -0.4 is 0 Å². The standard InChI is InChI=1S/C24H34O7/c1-11-19(26)20(27)21(28)23(30-11)31-18-10-17-16-5-3-12-9-13(25)4-6-14(12)15(16)7-8-24(17,2)22(18)29/h4,6,9,11,15-23,25-29H,3,5,7-8,10H2,1-2H3/t11-,15-,16-,17+,18-,19-,20+,21-,22+,23?,24+/m1/s1. The summed E-state index contributed by atoms with van der Waals surface area (Å²) in [5, 5.41) is 51.5. The normalized spacial score (nSPS) is 49.2. The summed E-state index contributed by atoms with van der Waals surface area (Å²) >= 11 is 0. The molecule has 1 aromatic carbocycles. The molecular formula is C24H34O7. The van der Waals surface area contributed by atoms with E-state index in [0.29, 0.717) is 24.0 Å². The molecule has 1 heterocycles. The van der Waals surface area contributed by atoms with Gasteiger partial charge in [-0.1, -0.05) is 13.0 Å². The molecule has 0 spiro atoms. The van der Waals surface area contributed by atoms with Gasteiger partial charge < -0.3 is 35.0 Å². The summed E-state index contributed by atoms with van der Waals surface area (Å²) < 4.78 is 11.7. The van der Waals surface area contributed by atoms with Crippen LogP contribution in [0.15, 0.2) is 18.2 Å². The summed E-state index contributed by atoms with van der Waals surface area (Å²) in [7, 11) is 0. The largest absolute Gasteiger partial charge is 0.508 e. The van der Waals surface area contributed by atoms with Crippen LogP contribution in [0.25, 0.3) is 0 Å². The molecule has 3 aliphatic carbocycles. The third-order valence-electron chi connectivity index (χ3n) is 8.78. The van der Waals surface area contributed by atoms with Crippen molar-refractivity contribution in [3.63, 3.8) is 0 Å². The second kappa shape index (κ2) is 7.68. The Labute approximate surface area is 182 Å². The molecule has 0 bridgehead atoms. The molecule has 0 aromatic heterocycles. The van der Waals surface area contributed by atoms with Crippen LogP contribution in [0.5, 0.6) is 5.75 Å². The lowest BCUT2D eigenvalue weighted by Gasteiger charge is -2.49. The van der Waals surface area contributed by atoms with Crippen LogP contribution in [0.1, 0.15) is 56.6 Å². The zero-order chi connectivity index (χ0) is 22.1. The Balaban J connectivity index is 1.36. The fourth-order valence-electron chi connectivity index (χ4n) is 6.96. The van der Waals surface area contributed by atoms with Crippen molar-refractivity contribution in [3.05, 3.63) is 29.3 Å². The Hall–Kier alpha value is -1.22. The molecule has 7 heteroatoms. The molecule has 1 aliphatic heterocycles. The maximum absolute atomic E-state index is 11.3. The van der Waals surface area contributed by atoms with Crippen molar-refractivity contribution in [1.29, 1.82) is 0 Å². The lowest BCUT2D eigenvalue weighted by atomic mass is 9.55. The van der Waals surface area contributed by atoms with E-state index in [0.717, 1.165) is 25.7 Å². The number of fused-ring (bicyclic) bond motifs is 5. The fraction of sp³-hybridized carbons (Fsp3) is 0.750. The first kappa shape index (κ1) is 21.6. The maximum Gasteiger partial charge on any atom is 0.186 e. The van der Waals surface area contributed by atoms with Crippen LogP contribution in [0, 0.1) is 17.3 Å². The van der Waals surface area contributed by atoms with E-state index in [4.69, 9.17) is 9.47 Å². The van der Waals surface area contributed by atoms with Gasteiger partial charge in [-0.3, -0.25) is 0 Å². The Bertz CT molecular complexity index is 830. The van der Waals surface area contributed by atoms with E-state index in [9.17, 15) is 25.5 Å². The third-order valence-corrected chi connectivity index (χ3v) is 8.78. The molecule has 1 saturated heterocycles. The molecule has 2 saturated carbocycles. The number of ether oxygens (including phenoxy) is 2. The van der Waals surface area contributed by atoms with Crippen molar-refractivity contribution in [1.82, 2.24) is 0 Å². The molecule has 0 amide bonds. The van der Waals surface area contributed by atoms with E-state index < -0.39 is 42.9 Å². The number of hydrogen-bond donors (Lipinski definition) is 5. The zero-order valence-corrected chi connectivity index (χ0v) is 18.1. The molecule has 31 heavy (non-hydrogen) atoms. The van der Waals surface area contributed by atoms with Crippen LogP contribution in [-0.2, 0) is 15.9 Å². The topological polar surface area (TPSA) is 120 Å². The Morgan fingerprint density at radius 3 is 2.61 bits per heavy atom. The van der Waals surface area contributed by atoms with Gasteiger partial charge in [0.2, 0.25) is 0 Å². The zero-order valence-electron chi connectivity index (χ0n) is 18.1. The smallest absolute Gasteiger partial charge is 0.186 e. The molecular weight excluding hydrogens is 400 g/mol. The van der Waals surface area contributed by atoms with Gasteiger partial charge in [0.05, 0.1) is 18.3 Å². The lowest BCUT2D eigenvalue weighted by molar-refractivity contribution is -0.309. The summed E-state index contributed by atoms with van der Waals surface area (Å²) in [5.74, 6) is 1.45. The fourth-order valence-corrected chi connectivity index (χ4v) is 6.96. The van der Waals surface area contributed by atoms with Gasteiger partial charge >= 0.3 is 0 Å². The monoisotopic (exact) mass is 434 g/mol. The highest BCUT2D eigenvalue weighted by Gasteiger charge is 2.59. The molecule has 3 fully saturated rings. The van der Waals surface area contributed by atoms with E-state index in [2.05, 4.69) is 13.0 Å². The van der Waals surface area contributed by atoms with E-state index >= 15 is 0 Å². The number of rotatable bonds is 2. The van der Waals surface area contributed by atoms with Gasteiger partial charge in [-0.2, -0.15) is 0 Å². The van der Waals surface area contributed by atoms with E-state index in [-0.39, 0.29) is 11.3 Å². The minimum atomic E-state index is -1.36. The molecule has 5 rings (SSSR count). The number of phenolic OH excluding ortho intramolecular Hbond substituents is 1. The quantitative estimate of drug-likeness (QED) is 0.478. The summed E-state index contributed by atoms with van der Waals surface area (Å²) in [6.07, 6.45) is -2.34. The Morgan fingerprint density at radius 2 is 1.84 bits per heavy atom. The van der Waals surface area contributed by atoms with Crippen molar-refractivity contribution in [3.8, 4) is 5.75 Å². The summed E-state index contributed by atoms with van der Waals surface area (Å²) in [4.78, 5) is 0. The van der Waals surface area contributed by atoms with Gasteiger partial charge in [0, 0.05) is 0 Å². The average molecular weight is 435 g/mol. The number of aromatic hydroxyl groups is 1. The predicted octanol–water partition coefficient (Wildman–Crippen LogP) is 1.43. The first-order chi connectivity index (χ1) is 14.7. The number of aliphatic hydroxyl groups is 4. The van der Waals surface area contributed by atoms with Crippen molar-refractivity contribution >= 4 is 0 Å². The van der Waals surface area contributed by atoms with Crippen molar-refractivity contribution in [2.75, 3.05) is 0 Å². The first-order valence-corrected chi connectivity index (χ1v) is 11.6. The van der Waals surface area contributed by atoms with Crippen LogP contribution in [0.3, 0.4) is 0 Å². The van der Waals surface area contributed by atoms with E-state index in [1.807, 2.05) is 6.07 Å². The molecule has 11 atom stereocenters. The third kappa shape index (κ3) is 3.33. The minimum absolute atomic E-state index is 0.274. The highest BCUT2D eigenvalue weighted by molar-refractivity contribution is 5.40. The molecule has 5 N–H and O–H groups in total. The Morgan fingerprint density at radius 1 is 1.06 bits per heavy atom. The molecule has 1 aromatic rings. The van der Waals surface area contributed by atoms with Crippen molar-refractivity contribution < 1.29 is 35.0 Å². The first-order valence-electron chi connectivity index (χ1n) is 11.6.